The van der Waals surface area contributed by atoms with Crippen LogP contribution in [0.5, 0.6) is 5.75 Å². The summed E-state index contributed by atoms with van der Waals surface area (Å²) < 4.78 is 10.2. The summed E-state index contributed by atoms with van der Waals surface area (Å²) in [6, 6.07) is 10.2. The number of para-hydroxylation sites is 1. The van der Waals surface area contributed by atoms with E-state index in [0.717, 1.165) is 29.7 Å². The van der Waals surface area contributed by atoms with Gasteiger partial charge in [0.2, 0.25) is 11.8 Å². The Kier molecular flexibility index (Phi) is 9.43. The Bertz CT molecular complexity index is 1150. The molecule has 1 N–H and O–H groups in total. The lowest BCUT2D eigenvalue weighted by Gasteiger charge is -2.17. The summed E-state index contributed by atoms with van der Waals surface area (Å²) in [6.45, 7) is 4.73. The molecule has 1 aliphatic rings. The topological polar surface area (TPSA) is 123 Å². The fraction of sp³-hybridized carbons (Fsp3) is 0.400. The summed E-state index contributed by atoms with van der Waals surface area (Å²) in [5.74, 6) is -0.456. The van der Waals surface area contributed by atoms with Crippen LogP contribution in [-0.4, -0.2) is 59.4 Å². The normalized spacial score (nSPS) is 16.4. The van der Waals surface area contributed by atoms with Crippen molar-refractivity contribution in [1.29, 1.82) is 0 Å². The Morgan fingerprint density at radius 2 is 1.89 bits per heavy atom. The molecule has 36 heavy (non-hydrogen) atoms. The number of methoxy groups -OCH3 is 2. The van der Waals surface area contributed by atoms with Crippen molar-refractivity contribution in [3.63, 3.8) is 0 Å². The molecule has 11 heteroatoms. The zero-order chi connectivity index (χ0) is 26.2. The zero-order valence-electron chi connectivity index (χ0n) is 20.8. The lowest BCUT2D eigenvalue weighted by atomic mass is 10.0. The average Bonchev–Trinajstić information content (AvgIpc) is 3.16. The monoisotopic (exact) mass is 514 g/mol. The van der Waals surface area contributed by atoms with E-state index in [4.69, 9.17) is 14.5 Å². The molecule has 0 spiro atoms. The minimum atomic E-state index is -0.711. The van der Waals surface area contributed by atoms with E-state index in [0.29, 0.717) is 24.1 Å². The third-order valence-corrected chi connectivity index (χ3v) is 6.93. The highest BCUT2D eigenvalue weighted by Crippen LogP contribution is 2.35. The number of ether oxygens (including phenoxy) is 2. The molecule has 2 aromatic rings. The number of rotatable bonds is 11. The molecule has 2 aromatic carbocycles. The van der Waals surface area contributed by atoms with Crippen LogP contribution in [0.1, 0.15) is 31.4 Å². The van der Waals surface area contributed by atoms with E-state index in [2.05, 4.69) is 19.2 Å². The molecule has 0 aliphatic carbocycles. The Hall–Kier alpha value is -3.44. The second-order valence-electron chi connectivity index (χ2n) is 8.01. The van der Waals surface area contributed by atoms with Gasteiger partial charge in [-0.25, -0.2) is 4.99 Å². The van der Waals surface area contributed by atoms with Crippen molar-refractivity contribution < 1.29 is 24.0 Å². The number of amidine groups is 1. The predicted molar refractivity (Wildman–Crippen MR) is 140 cm³/mol. The van der Waals surface area contributed by atoms with Crippen LogP contribution in [0.3, 0.4) is 0 Å². The molecular weight excluding hydrogens is 484 g/mol. The molecule has 1 fully saturated rings. The van der Waals surface area contributed by atoms with Crippen molar-refractivity contribution in [1.82, 2.24) is 4.90 Å². The molecule has 1 heterocycles. The van der Waals surface area contributed by atoms with Crippen LogP contribution in [0.2, 0.25) is 0 Å². The van der Waals surface area contributed by atoms with Gasteiger partial charge in [0.1, 0.15) is 16.7 Å². The first-order valence-electron chi connectivity index (χ1n) is 11.6. The van der Waals surface area contributed by atoms with Gasteiger partial charge in [-0.3, -0.25) is 24.6 Å². The van der Waals surface area contributed by atoms with Gasteiger partial charge in [0.15, 0.2) is 5.17 Å². The Morgan fingerprint density at radius 3 is 2.47 bits per heavy atom. The van der Waals surface area contributed by atoms with Crippen LogP contribution >= 0.6 is 11.8 Å². The molecule has 0 bridgehead atoms. The Labute approximate surface area is 214 Å². The third kappa shape index (κ3) is 6.21. The zero-order valence-corrected chi connectivity index (χ0v) is 21.6. The van der Waals surface area contributed by atoms with Crippen molar-refractivity contribution in [2.75, 3.05) is 32.7 Å². The van der Waals surface area contributed by atoms with Crippen molar-refractivity contribution in [3.05, 3.63) is 57.6 Å². The first kappa shape index (κ1) is 27.2. The van der Waals surface area contributed by atoms with Crippen molar-refractivity contribution in [2.45, 2.75) is 38.4 Å². The number of aryl methyl sites for hydroxylation is 2. The quantitative estimate of drug-likeness (QED) is 0.350. The molecule has 0 saturated carbocycles. The fourth-order valence-corrected chi connectivity index (χ4v) is 5.00. The number of amides is 2. The predicted octanol–water partition coefficient (Wildman–Crippen LogP) is 4.33. The molecule has 1 aliphatic heterocycles. The highest BCUT2D eigenvalue weighted by Gasteiger charge is 2.39. The van der Waals surface area contributed by atoms with Crippen molar-refractivity contribution >= 4 is 45.8 Å². The standard InChI is InChI=1S/C25H30N4O6S/c1-5-16-8-7-9-17(6-2)23(16)27-25-28(12-13-34-3)24(31)21(36-25)15-22(30)26-19-11-10-18(35-4)14-20(19)29(32)33/h7-11,14,21H,5-6,12-13,15H2,1-4H3,(H,26,30)/t21-/m1/s1. The van der Waals surface area contributed by atoms with Gasteiger partial charge in [-0.05, 0) is 36.1 Å². The molecule has 2 amide bonds. The summed E-state index contributed by atoms with van der Waals surface area (Å²) >= 11 is 1.22. The molecule has 0 aromatic heterocycles. The van der Waals surface area contributed by atoms with Crippen LogP contribution in [0.4, 0.5) is 17.1 Å². The van der Waals surface area contributed by atoms with E-state index in [9.17, 15) is 19.7 Å². The molecule has 0 radical (unpaired) electrons. The maximum absolute atomic E-state index is 13.2. The van der Waals surface area contributed by atoms with E-state index in [-0.39, 0.29) is 23.7 Å². The Morgan fingerprint density at radius 1 is 1.19 bits per heavy atom. The minimum absolute atomic E-state index is 0.0378. The number of anilines is 1. The van der Waals surface area contributed by atoms with Gasteiger partial charge in [-0.2, -0.15) is 0 Å². The van der Waals surface area contributed by atoms with Crippen LogP contribution in [-0.2, 0) is 27.2 Å². The molecule has 0 unspecified atom stereocenters. The van der Waals surface area contributed by atoms with Crippen LogP contribution in [0.25, 0.3) is 0 Å². The number of carbonyl (C=O) groups is 2. The number of nitrogens with zero attached hydrogens (tertiary/aromatic N) is 3. The van der Waals surface area contributed by atoms with Gasteiger partial charge in [0.25, 0.3) is 5.69 Å². The lowest BCUT2D eigenvalue weighted by Crippen LogP contribution is -2.35. The molecule has 3 rings (SSSR count). The van der Waals surface area contributed by atoms with Gasteiger partial charge >= 0.3 is 0 Å². The summed E-state index contributed by atoms with van der Waals surface area (Å²) in [4.78, 5) is 43.3. The van der Waals surface area contributed by atoms with Gasteiger partial charge < -0.3 is 14.8 Å². The summed E-state index contributed by atoms with van der Waals surface area (Å²) in [6.07, 6.45) is 1.43. The molecule has 10 nitrogen and oxygen atoms in total. The van der Waals surface area contributed by atoms with Crippen molar-refractivity contribution in [3.8, 4) is 5.75 Å². The number of hydrogen-bond donors (Lipinski definition) is 1. The molecule has 1 saturated heterocycles. The van der Waals surface area contributed by atoms with E-state index in [1.165, 1.54) is 37.1 Å². The molecule has 1 atom stereocenters. The van der Waals surface area contributed by atoms with Gasteiger partial charge in [0.05, 0.1) is 36.9 Å². The van der Waals surface area contributed by atoms with E-state index < -0.39 is 16.1 Å². The number of aliphatic imine (C=N–C) groups is 1. The van der Waals surface area contributed by atoms with Crippen LogP contribution in [0.15, 0.2) is 41.4 Å². The fourth-order valence-electron chi connectivity index (χ4n) is 3.83. The van der Waals surface area contributed by atoms with Crippen LogP contribution < -0.4 is 10.1 Å². The summed E-state index contributed by atoms with van der Waals surface area (Å²) in [7, 11) is 2.95. The maximum Gasteiger partial charge on any atom is 0.296 e. The second-order valence-corrected chi connectivity index (χ2v) is 9.18. The lowest BCUT2D eigenvalue weighted by molar-refractivity contribution is -0.384. The summed E-state index contributed by atoms with van der Waals surface area (Å²) in [5, 5.41) is 13.8. The average molecular weight is 515 g/mol. The highest BCUT2D eigenvalue weighted by molar-refractivity contribution is 8.15. The van der Waals surface area contributed by atoms with E-state index >= 15 is 0 Å². The number of nitro groups is 1. The number of nitrogens with one attached hydrogen (secondary N) is 1. The number of hydrogen-bond acceptors (Lipinski definition) is 8. The second kappa shape index (κ2) is 12.5. The van der Waals surface area contributed by atoms with E-state index in [1.54, 1.807) is 12.0 Å². The largest absolute Gasteiger partial charge is 0.496 e. The van der Waals surface area contributed by atoms with Crippen molar-refractivity contribution in [2.24, 2.45) is 4.99 Å². The van der Waals surface area contributed by atoms with Gasteiger partial charge in [-0.15, -0.1) is 0 Å². The SMILES string of the molecule is CCc1cccc(CC)c1N=C1S[C@H](CC(=O)Nc2ccc(OC)cc2[N+](=O)[O-])C(=O)N1CCOC. The third-order valence-electron chi connectivity index (χ3n) is 5.76. The summed E-state index contributed by atoms with van der Waals surface area (Å²) in [5.41, 5.74) is 2.75. The number of carbonyl (C=O) groups excluding carboxylic acids is 2. The number of thioether (sulfide) groups is 1. The smallest absolute Gasteiger partial charge is 0.296 e. The van der Waals surface area contributed by atoms with E-state index in [1.807, 2.05) is 18.2 Å². The maximum atomic E-state index is 13.2. The number of nitro benzene ring substituents is 1. The molecule has 192 valence electrons. The highest BCUT2D eigenvalue weighted by atomic mass is 32.2. The first-order valence-corrected chi connectivity index (χ1v) is 12.5. The minimum Gasteiger partial charge on any atom is -0.496 e. The number of benzene rings is 2. The van der Waals surface area contributed by atoms with Gasteiger partial charge in [-0.1, -0.05) is 43.8 Å². The molecular formula is C25H30N4O6S. The van der Waals surface area contributed by atoms with Gasteiger partial charge in [0, 0.05) is 13.5 Å². The van der Waals surface area contributed by atoms with Crippen LogP contribution in [0, 0.1) is 10.1 Å². The first-order chi connectivity index (χ1) is 17.3. The Balaban J connectivity index is 1.85.